The van der Waals surface area contributed by atoms with Gasteiger partial charge in [0.2, 0.25) is 5.91 Å². The molecule has 100 valence electrons. The van der Waals surface area contributed by atoms with E-state index in [9.17, 15) is 4.79 Å². The minimum Gasteiger partial charge on any atom is -0.399 e. The van der Waals surface area contributed by atoms with Crippen LogP contribution >= 0.6 is 11.8 Å². The fraction of sp³-hybridized carbons (Fsp3) is 0.500. The van der Waals surface area contributed by atoms with E-state index in [1.54, 1.807) is 17.8 Å². The highest BCUT2D eigenvalue weighted by atomic mass is 32.2. The third kappa shape index (κ3) is 5.45. The molecule has 0 aliphatic carbocycles. The summed E-state index contributed by atoms with van der Waals surface area (Å²) in [6, 6.07) is 5.51. The fourth-order valence-corrected chi connectivity index (χ4v) is 2.39. The predicted molar refractivity (Wildman–Crippen MR) is 81.0 cm³/mol. The van der Waals surface area contributed by atoms with E-state index >= 15 is 0 Å². The molecule has 18 heavy (non-hydrogen) atoms. The first-order chi connectivity index (χ1) is 8.28. The van der Waals surface area contributed by atoms with Crippen molar-refractivity contribution >= 4 is 29.0 Å². The number of hydrogen-bond acceptors (Lipinski definition) is 3. The highest BCUT2D eigenvalue weighted by molar-refractivity contribution is 8.00. The molecule has 0 saturated heterocycles. The highest BCUT2D eigenvalue weighted by Gasteiger charge is 2.12. The van der Waals surface area contributed by atoms with Crippen LogP contribution in [0.1, 0.15) is 32.8 Å². The van der Waals surface area contributed by atoms with Crippen molar-refractivity contribution in [3.63, 3.8) is 0 Å². The molecule has 1 aromatic carbocycles. The van der Waals surface area contributed by atoms with E-state index in [-0.39, 0.29) is 10.7 Å². The molecule has 0 atom stereocenters. The van der Waals surface area contributed by atoms with E-state index in [1.807, 2.05) is 19.1 Å². The SMILES string of the molecule is Cc1cc(N)ccc1NC(=O)CCSC(C)(C)C. The van der Waals surface area contributed by atoms with Crippen LogP contribution < -0.4 is 11.1 Å². The molecule has 0 aliphatic heterocycles. The number of anilines is 2. The van der Waals surface area contributed by atoms with E-state index in [4.69, 9.17) is 5.73 Å². The molecule has 0 fully saturated rings. The second-order valence-corrected chi connectivity index (χ2v) is 7.26. The second kappa shape index (κ2) is 6.14. The Labute approximate surface area is 114 Å². The van der Waals surface area contributed by atoms with Gasteiger partial charge in [-0.25, -0.2) is 0 Å². The van der Waals surface area contributed by atoms with Crippen molar-refractivity contribution in [1.29, 1.82) is 0 Å². The molecule has 0 saturated carbocycles. The first-order valence-corrected chi connectivity index (χ1v) is 7.06. The number of nitrogen functional groups attached to an aromatic ring is 1. The van der Waals surface area contributed by atoms with Gasteiger partial charge in [-0.2, -0.15) is 11.8 Å². The molecule has 1 rings (SSSR count). The quantitative estimate of drug-likeness (QED) is 0.821. The average molecular weight is 266 g/mol. The van der Waals surface area contributed by atoms with Gasteiger partial charge in [-0.05, 0) is 30.7 Å². The zero-order valence-electron chi connectivity index (χ0n) is 11.5. The minimum atomic E-state index is 0.0552. The number of nitrogens with one attached hydrogen (secondary N) is 1. The van der Waals surface area contributed by atoms with E-state index in [2.05, 4.69) is 26.1 Å². The number of rotatable bonds is 4. The minimum absolute atomic E-state index is 0.0552. The molecule has 0 spiro atoms. The van der Waals surface area contributed by atoms with E-state index in [0.29, 0.717) is 12.1 Å². The van der Waals surface area contributed by atoms with Crippen molar-refractivity contribution < 1.29 is 4.79 Å². The molecular formula is C14H22N2OS. The predicted octanol–water partition coefficient (Wildman–Crippen LogP) is 3.44. The molecule has 3 nitrogen and oxygen atoms in total. The summed E-state index contributed by atoms with van der Waals surface area (Å²) in [5.41, 5.74) is 8.22. The largest absolute Gasteiger partial charge is 0.399 e. The summed E-state index contributed by atoms with van der Waals surface area (Å²) in [5, 5.41) is 2.92. The highest BCUT2D eigenvalue weighted by Crippen LogP contribution is 2.24. The molecule has 1 amide bonds. The first kappa shape index (κ1) is 14.9. The monoisotopic (exact) mass is 266 g/mol. The molecule has 0 aliphatic rings. The number of thioether (sulfide) groups is 1. The standard InChI is InChI=1S/C14H22N2OS/c1-10-9-11(15)5-6-12(10)16-13(17)7-8-18-14(2,3)4/h5-6,9H,7-8,15H2,1-4H3,(H,16,17). The Kier molecular flexibility index (Phi) is 5.08. The molecule has 0 heterocycles. The van der Waals surface area contributed by atoms with Gasteiger partial charge in [0.05, 0.1) is 0 Å². The molecule has 0 aromatic heterocycles. The number of amides is 1. The zero-order chi connectivity index (χ0) is 13.8. The zero-order valence-corrected chi connectivity index (χ0v) is 12.4. The molecule has 1 aromatic rings. The maximum atomic E-state index is 11.8. The molecule has 0 bridgehead atoms. The van der Waals surface area contributed by atoms with Gasteiger partial charge in [-0.1, -0.05) is 20.8 Å². The van der Waals surface area contributed by atoms with Gasteiger partial charge in [0.25, 0.3) is 0 Å². The summed E-state index contributed by atoms with van der Waals surface area (Å²) in [4.78, 5) is 11.8. The van der Waals surface area contributed by atoms with Crippen LogP contribution in [0.3, 0.4) is 0 Å². The van der Waals surface area contributed by atoms with Crippen molar-refractivity contribution in [2.75, 3.05) is 16.8 Å². The number of benzene rings is 1. The lowest BCUT2D eigenvalue weighted by Gasteiger charge is -2.17. The van der Waals surface area contributed by atoms with Crippen LogP contribution in [0.4, 0.5) is 11.4 Å². The topological polar surface area (TPSA) is 55.1 Å². The Morgan fingerprint density at radius 3 is 2.61 bits per heavy atom. The lowest BCUT2D eigenvalue weighted by Crippen LogP contribution is -2.15. The third-order valence-electron chi connectivity index (χ3n) is 2.39. The maximum Gasteiger partial charge on any atom is 0.225 e. The Morgan fingerprint density at radius 2 is 2.06 bits per heavy atom. The van der Waals surface area contributed by atoms with E-state index in [0.717, 1.165) is 17.0 Å². The lowest BCUT2D eigenvalue weighted by molar-refractivity contribution is -0.115. The number of carbonyl (C=O) groups is 1. The van der Waals surface area contributed by atoms with Crippen LogP contribution in [0.25, 0.3) is 0 Å². The summed E-state index contributed by atoms with van der Waals surface area (Å²) in [7, 11) is 0. The van der Waals surface area contributed by atoms with Crippen molar-refractivity contribution in [1.82, 2.24) is 0 Å². The summed E-state index contributed by atoms with van der Waals surface area (Å²) in [5.74, 6) is 0.892. The normalized spacial score (nSPS) is 11.3. The maximum absolute atomic E-state index is 11.8. The Bertz CT molecular complexity index is 424. The smallest absolute Gasteiger partial charge is 0.225 e. The molecule has 3 N–H and O–H groups in total. The van der Waals surface area contributed by atoms with Crippen molar-refractivity contribution in [2.24, 2.45) is 0 Å². The van der Waals surface area contributed by atoms with Crippen LogP contribution in [-0.2, 0) is 4.79 Å². The van der Waals surface area contributed by atoms with Crippen LogP contribution in [0, 0.1) is 6.92 Å². The molecular weight excluding hydrogens is 244 g/mol. The van der Waals surface area contributed by atoms with Gasteiger partial charge < -0.3 is 11.1 Å². The molecule has 0 unspecified atom stereocenters. The van der Waals surface area contributed by atoms with Gasteiger partial charge in [0, 0.05) is 28.3 Å². The number of hydrogen-bond donors (Lipinski definition) is 2. The average Bonchev–Trinajstić information content (AvgIpc) is 2.20. The number of aryl methyl sites for hydroxylation is 1. The summed E-state index contributed by atoms with van der Waals surface area (Å²) < 4.78 is 0.206. The number of nitrogens with two attached hydrogens (primary N) is 1. The first-order valence-electron chi connectivity index (χ1n) is 6.08. The van der Waals surface area contributed by atoms with Crippen LogP contribution in [0.5, 0.6) is 0 Å². The summed E-state index contributed by atoms with van der Waals surface area (Å²) in [6.07, 6.45) is 0.533. The Hall–Kier alpha value is -1.16. The van der Waals surface area contributed by atoms with Gasteiger partial charge >= 0.3 is 0 Å². The second-order valence-electron chi connectivity index (χ2n) is 5.33. The van der Waals surface area contributed by atoms with Crippen molar-refractivity contribution in [2.45, 2.75) is 38.9 Å². The van der Waals surface area contributed by atoms with Crippen molar-refractivity contribution in [3.8, 4) is 0 Å². The Morgan fingerprint density at radius 1 is 1.39 bits per heavy atom. The van der Waals surface area contributed by atoms with Gasteiger partial charge in [-0.15, -0.1) is 0 Å². The van der Waals surface area contributed by atoms with Crippen molar-refractivity contribution in [3.05, 3.63) is 23.8 Å². The number of carbonyl (C=O) groups excluding carboxylic acids is 1. The lowest BCUT2D eigenvalue weighted by atomic mass is 10.2. The van der Waals surface area contributed by atoms with Gasteiger partial charge in [-0.3, -0.25) is 4.79 Å². The summed E-state index contributed by atoms with van der Waals surface area (Å²) >= 11 is 1.80. The van der Waals surface area contributed by atoms with E-state index in [1.165, 1.54) is 0 Å². The van der Waals surface area contributed by atoms with Gasteiger partial charge in [0.15, 0.2) is 0 Å². The summed E-state index contributed by atoms with van der Waals surface area (Å²) in [6.45, 7) is 8.40. The third-order valence-corrected chi connectivity index (χ3v) is 3.66. The van der Waals surface area contributed by atoms with E-state index < -0.39 is 0 Å². The fourth-order valence-electron chi connectivity index (χ4n) is 1.49. The Balaban J connectivity index is 2.45. The molecule has 4 heteroatoms. The molecule has 0 radical (unpaired) electrons. The van der Waals surface area contributed by atoms with Crippen LogP contribution in [0.15, 0.2) is 18.2 Å². The van der Waals surface area contributed by atoms with Crippen LogP contribution in [0.2, 0.25) is 0 Å². The van der Waals surface area contributed by atoms with Crippen LogP contribution in [-0.4, -0.2) is 16.4 Å². The van der Waals surface area contributed by atoms with Gasteiger partial charge in [0.1, 0.15) is 0 Å².